The normalized spacial score (nSPS) is 12.5. The lowest BCUT2D eigenvalue weighted by Crippen LogP contribution is -2.43. The molecule has 1 rings (SSSR count). The molecule has 116 valence electrons. The Hall–Kier alpha value is -1.93. The molecular weight excluding hydrogens is 294 g/mol. The molecule has 0 radical (unpaired) electrons. The highest BCUT2D eigenvalue weighted by Gasteiger charge is 2.15. The van der Waals surface area contributed by atoms with Crippen LogP contribution < -0.4 is 15.8 Å². The van der Waals surface area contributed by atoms with Crippen molar-refractivity contribution in [1.29, 1.82) is 0 Å². The van der Waals surface area contributed by atoms with Crippen LogP contribution in [0.15, 0.2) is 29.2 Å². The minimum Gasteiger partial charge on any atom is -0.345 e. The summed E-state index contributed by atoms with van der Waals surface area (Å²) in [4.78, 5) is 23.0. The van der Waals surface area contributed by atoms with E-state index in [1.54, 1.807) is 6.92 Å². The number of hydrogen-bond acceptors (Lipinski definition) is 4. The third-order valence-corrected chi connectivity index (χ3v) is 3.83. The second kappa shape index (κ2) is 7.19. The first-order chi connectivity index (χ1) is 9.74. The van der Waals surface area contributed by atoms with Crippen molar-refractivity contribution in [2.45, 2.75) is 37.8 Å². The molecule has 0 aromatic heterocycles. The Morgan fingerprint density at radius 3 is 2.24 bits per heavy atom. The third kappa shape index (κ3) is 5.52. The summed E-state index contributed by atoms with van der Waals surface area (Å²) >= 11 is 0. The quantitative estimate of drug-likeness (QED) is 0.656. The van der Waals surface area contributed by atoms with E-state index in [0.29, 0.717) is 5.56 Å². The Labute approximate surface area is 124 Å². The molecular formula is C13H19N3O4S. The zero-order valence-electron chi connectivity index (χ0n) is 11.9. The SMILES string of the molecule is CC[C@H](C)NC(=O)C(=O)NCc1ccc(S(N)(=O)=O)cc1. The predicted octanol–water partition coefficient (Wildman–Crippen LogP) is -0.135. The van der Waals surface area contributed by atoms with Gasteiger partial charge in [-0.2, -0.15) is 0 Å². The standard InChI is InChI=1S/C13H19N3O4S/c1-3-9(2)16-13(18)12(17)15-8-10-4-6-11(7-5-10)21(14,19)20/h4-7,9H,3,8H2,1-2H3,(H,15,17)(H,16,18)(H2,14,19,20)/t9-/m0/s1. The van der Waals surface area contributed by atoms with Gasteiger partial charge in [-0.1, -0.05) is 19.1 Å². The lowest BCUT2D eigenvalue weighted by atomic mass is 10.2. The Morgan fingerprint density at radius 1 is 1.19 bits per heavy atom. The highest BCUT2D eigenvalue weighted by molar-refractivity contribution is 7.89. The van der Waals surface area contributed by atoms with Gasteiger partial charge in [0.15, 0.2) is 0 Å². The largest absolute Gasteiger partial charge is 0.345 e. The maximum Gasteiger partial charge on any atom is 0.309 e. The lowest BCUT2D eigenvalue weighted by molar-refractivity contribution is -0.139. The second-order valence-corrected chi connectivity index (χ2v) is 6.22. The van der Waals surface area contributed by atoms with E-state index in [9.17, 15) is 18.0 Å². The average Bonchev–Trinajstić information content (AvgIpc) is 2.43. The molecule has 1 atom stereocenters. The van der Waals surface area contributed by atoms with E-state index in [2.05, 4.69) is 10.6 Å². The molecule has 2 amide bonds. The monoisotopic (exact) mass is 313 g/mol. The lowest BCUT2D eigenvalue weighted by Gasteiger charge is -2.11. The summed E-state index contributed by atoms with van der Waals surface area (Å²) in [5.74, 6) is -1.42. The third-order valence-electron chi connectivity index (χ3n) is 2.90. The van der Waals surface area contributed by atoms with E-state index >= 15 is 0 Å². The van der Waals surface area contributed by atoms with Crippen molar-refractivity contribution in [3.05, 3.63) is 29.8 Å². The summed E-state index contributed by atoms with van der Waals surface area (Å²) in [5.41, 5.74) is 0.659. The topological polar surface area (TPSA) is 118 Å². The first kappa shape index (κ1) is 17.1. The van der Waals surface area contributed by atoms with Gasteiger partial charge in [-0.3, -0.25) is 9.59 Å². The molecule has 0 aliphatic heterocycles. The number of rotatable bonds is 5. The smallest absolute Gasteiger partial charge is 0.309 e. The summed E-state index contributed by atoms with van der Waals surface area (Å²) in [6.07, 6.45) is 0.730. The molecule has 0 unspecified atom stereocenters. The molecule has 0 fully saturated rings. The fourth-order valence-electron chi connectivity index (χ4n) is 1.45. The molecule has 1 aromatic rings. The molecule has 21 heavy (non-hydrogen) atoms. The Balaban J connectivity index is 2.56. The van der Waals surface area contributed by atoms with Crippen LogP contribution in [-0.2, 0) is 26.2 Å². The van der Waals surface area contributed by atoms with Gasteiger partial charge >= 0.3 is 11.8 Å². The highest BCUT2D eigenvalue weighted by atomic mass is 32.2. The Morgan fingerprint density at radius 2 is 1.76 bits per heavy atom. The number of nitrogens with one attached hydrogen (secondary N) is 2. The van der Waals surface area contributed by atoms with E-state index < -0.39 is 21.8 Å². The minimum absolute atomic E-state index is 0.00732. The van der Waals surface area contributed by atoms with Crippen LogP contribution in [0.3, 0.4) is 0 Å². The molecule has 0 aliphatic carbocycles. The van der Waals surface area contributed by atoms with Crippen molar-refractivity contribution < 1.29 is 18.0 Å². The second-order valence-electron chi connectivity index (χ2n) is 4.65. The van der Waals surface area contributed by atoms with Gasteiger partial charge in [0.1, 0.15) is 0 Å². The first-order valence-corrected chi connectivity index (χ1v) is 7.99. The molecule has 8 heteroatoms. The van der Waals surface area contributed by atoms with Crippen LogP contribution >= 0.6 is 0 Å². The van der Waals surface area contributed by atoms with Crippen molar-refractivity contribution >= 4 is 21.8 Å². The Kier molecular flexibility index (Phi) is 5.86. The summed E-state index contributed by atoms with van der Waals surface area (Å²) in [6.45, 7) is 3.82. The van der Waals surface area contributed by atoms with Gasteiger partial charge in [-0.05, 0) is 31.0 Å². The molecule has 0 heterocycles. The van der Waals surface area contributed by atoms with Gasteiger partial charge in [0.25, 0.3) is 0 Å². The summed E-state index contributed by atoms with van der Waals surface area (Å²) in [7, 11) is -3.73. The maximum atomic E-state index is 11.6. The maximum absolute atomic E-state index is 11.6. The molecule has 0 spiro atoms. The summed E-state index contributed by atoms with van der Waals surface area (Å²) < 4.78 is 22.2. The van der Waals surface area contributed by atoms with Crippen LogP contribution in [0.4, 0.5) is 0 Å². The van der Waals surface area contributed by atoms with Crippen molar-refractivity contribution in [1.82, 2.24) is 10.6 Å². The van der Waals surface area contributed by atoms with E-state index in [4.69, 9.17) is 5.14 Å². The summed E-state index contributed by atoms with van der Waals surface area (Å²) in [5, 5.41) is 9.98. The van der Waals surface area contributed by atoms with Crippen LogP contribution in [0.1, 0.15) is 25.8 Å². The number of primary sulfonamides is 1. The van der Waals surface area contributed by atoms with Crippen molar-refractivity contribution in [2.24, 2.45) is 5.14 Å². The van der Waals surface area contributed by atoms with Gasteiger partial charge in [-0.15, -0.1) is 0 Å². The number of benzene rings is 1. The predicted molar refractivity (Wildman–Crippen MR) is 77.6 cm³/mol. The van der Waals surface area contributed by atoms with Gasteiger partial charge in [0, 0.05) is 12.6 Å². The van der Waals surface area contributed by atoms with Crippen molar-refractivity contribution in [3.63, 3.8) is 0 Å². The molecule has 1 aromatic carbocycles. The van der Waals surface area contributed by atoms with E-state index in [-0.39, 0.29) is 17.5 Å². The van der Waals surface area contributed by atoms with Crippen LogP contribution in [0, 0.1) is 0 Å². The number of nitrogens with two attached hydrogens (primary N) is 1. The molecule has 0 aliphatic rings. The molecule has 0 saturated carbocycles. The fraction of sp³-hybridized carbons (Fsp3) is 0.385. The van der Waals surface area contributed by atoms with Crippen molar-refractivity contribution in [3.8, 4) is 0 Å². The molecule has 0 saturated heterocycles. The van der Waals surface area contributed by atoms with E-state index in [1.807, 2.05) is 6.92 Å². The van der Waals surface area contributed by atoms with Crippen molar-refractivity contribution in [2.75, 3.05) is 0 Å². The average molecular weight is 313 g/mol. The van der Waals surface area contributed by atoms with Gasteiger partial charge in [0.2, 0.25) is 10.0 Å². The first-order valence-electron chi connectivity index (χ1n) is 6.44. The Bertz CT molecular complexity index is 611. The highest BCUT2D eigenvalue weighted by Crippen LogP contribution is 2.08. The minimum atomic E-state index is -3.73. The van der Waals surface area contributed by atoms with Crippen LogP contribution in [0.5, 0.6) is 0 Å². The number of carbonyl (C=O) groups is 2. The molecule has 0 bridgehead atoms. The number of amides is 2. The van der Waals surface area contributed by atoms with E-state index in [1.165, 1.54) is 24.3 Å². The zero-order valence-corrected chi connectivity index (χ0v) is 12.7. The molecule has 7 nitrogen and oxygen atoms in total. The van der Waals surface area contributed by atoms with E-state index in [0.717, 1.165) is 6.42 Å². The van der Waals surface area contributed by atoms with Crippen LogP contribution in [-0.4, -0.2) is 26.3 Å². The molecule has 4 N–H and O–H groups in total. The number of hydrogen-bond donors (Lipinski definition) is 3. The van der Waals surface area contributed by atoms with Crippen LogP contribution in [0.2, 0.25) is 0 Å². The van der Waals surface area contributed by atoms with Gasteiger partial charge in [-0.25, -0.2) is 13.6 Å². The fourth-order valence-corrected chi connectivity index (χ4v) is 1.97. The van der Waals surface area contributed by atoms with Gasteiger partial charge < -0.3 is 10.6 Å². The van der Waals surface area contributed by atoms with Gasteiger partial charge in [0.05, 0.1) is 4.90 Å². The summed E-state index contributed by atoms with van der Waals surface area (Å²) in [6, 6.07) is 5.66. The zero-order chi connectivity index (χ0) is 16.0. The number of sulfonamides is 1. The van der Waals surface area contributed by atoms with Crippen LogP contribution in [0.25, 0.3) is 0 Å². The number of carbonyl (C=O) groups excluding carboxylic acids is 2.